The lowest BCUT2D eigenvalue weighted by molar-refractivity contribution is 0.0955. The number of aryl methyl sites for hydroxylation is 1. The number of aromatic nitrogens is 1. The fourth-order valence-corrected chi connectivity index (χ4v) is 4.39. The van der Waals surface area contributed by atoms with E-state index < -0.39 is 0 Å². The summed E-state index contributed by atoms with van der Waals surface area (Å²) in [6.45, 7) is 6.27. The highest BCUT2D eigenvalue weighted by Crippen LogP contribution is 2.29. The summed E-state index contributed by atoms with van der Waals surface area (Å²) in [5.41, 5.74) is 1.93. The minimum atomic E-state index is -0.330. The number of para-hydroxylation sites is 1. The molecule has 0 saturated heterocycles. The van der Waals surface area contributed by atoms with Crippen molar-refractivity contribution in [3.63, 3.8) is 0 Å². The standard InChI is InChI=1S/C21H24N4O2S2/c1-13(2)23-21(27)25-17-7-5-4-6-16(17)20(26)22-11-10-15-8-9-19(29-15)18-12-28-14(3)24-18/h4-9,12-13H,10-11H2,1-3H3,(H,22,26)(H2,23,25,27). The molecule has 3 aromatic rings. The highest BCUT2D eigenvalue weighted by molar-refractivity contribution is 7.16. The van der Waals surface area contributed by atoms with E-state index >= 15 is 0 Å². The molecule has 0 radical (unpaired) electrons. The van der Waals surface area contributed by atoms with E-state index in [1.54, 1.807) is 46.9 Å². The first-order valence-corrected chi connectivity index (χ1v) is 11.1. The average molecular weight is 429 g/mol. The number of hydrogen-bond acceptors (Lipinski definition) is 5. The second-order valence-electron chi connectivity index (χ2n) is 6.82. The molecule has 8 heteroatoms. The summed E-state index contributed by atoms with van der Waals surface area (Å²) in [6, 6.07) is 10.8. The van der Waals surface area contributed by atoms with Crippen LogP contribution in [0.4, 0.5) is 10.5 Å². The molecule has 29 heavy (non-hydrogen) atoms. The van der Waals surface area contributed by atoms with Crippen LogP contribution in [0.3, 0.4) is 0 Å². The second-order valence-corrected chi connectivity index (χ2v) is 9.05. The first-order valence-electron chi connectivity index (χ1n) is 9.38. The van der Waals surface area contributed by atoms with Gasteiger partial charge in [0, 0.05) is 22.8 Å². The Balaban J connectivity index is 1.56. The van der Waals surface area contributed by atoms with E-state index in [0.717, 1.165) is 22.0 Å². The van der Waals surface area contributed by atoms with Crippen molar-refractivity contribution in [1.82, 2.24) is 15.6 Å². The maximum absolute atomic E-state index is 12.6. The lowest BCUT2D eigenvalue weighted by Gasteiger charge is -2.13. The van der Waals surface area contributed by atoms with Crippen molar-refractivity contribution in [2.75, 3.05) is 11.9 Å². The quantitative estimate of drug-likeness (QED) is 0.511. The number of thiophene rings is 1. The molecule has 0 aliphatic heterocycles. The SMILES string of the molecule is Cc1nc(-c2ccc(CCNC(=O)c3ccccc3NC(=O)NC(C)C)s2)cs1. The van der Waals surface area contributed by atoms with Gasteiger partial charge in [0.1, 0.15) is 0 Å². The predicted octanol–water partition coefficient (Wildman–Crippen LogP) is 4.68. The zero-order valence-corrected chi connectivity index (χ0v) is 18.2. The first kappa shape index (κ1) is 21.0. The number of nitrogens with one attached hydrogen (secondary N) is 3. The molecule has 6 nitrogen and oxygen atoms in total. The van der Waals surface area contributed by atoms with Crippen molar-refractivity contribution < 1.29 is 9.59 Å². The summed E-state index contributed by atoms with van der Waals surface area (Å²) >= 11 is 3.33. The van der Waals surface area contributed by atoms with E-state index in [2.05, 4.69) is 38.4 Å². The Morgan fingerprint density at radius 2 is 1.93 bits per heavy atom. The molecule has 1 aromatic carbocycles. The van der Waals surface area contributed by atoms with Crippen LogP contribution in [0.25, 0.3) is 10.6 Å². The van der Waals surface area contributed by atoms with E-state index in [9.17, 15) is 9.59 Å². The van der Waals surface area contributed by atoms with Crippen molar-refractivity contribution in [3.8, 4) is 10.6 Å². The van der Waals surface area contributed by atoms with Gasteiger partial charge in [-0.05, 0) is 51.5 Å². The average Bonchev–Trinajstić information content (AvgIpc) is 3.30. The largest absolute Gasteiger partial charge is 0.352 e. The molecule has 3 N–H and O–H groups in total. The number of urea groups is 1. The third-order valence-electron chi connectivity index (χ3n) is 4.03. The molecule has 0 unspecified atom stereocenters. The van der Waals surface area contributed by atoms with Crippen molar-refractivity contribution in [2.45, 2.75) is 33.2 Å². The normalized spacial score (nSPS) is 10.8. The Labute approximate surface area is 178 Å². The van der Waals surface area contributed by atoms with Crippen molar-refractivity contribution in [1.29, 1.82) is 0 Å². The second kappa shape index (κ2) is 9.67. The number of benzene rings is 1. The Hall–Kier alpha value is -2.71. The van der Waals surface area contributed by atoms with E-state index in [1.807, 2.05) is 20.8 Å². The molecule has 0 aliphatic rings. The third-order valence-corrected chi connectivity index (χ3v) is 5.97. The molecular formula is C21H24N4O2S2. The molecule has 3 amide bonds. The number of rotatable bonds is 7. The molecule has 152 valence electrons. The van der Waals surface area contributed by atoms with Crippen LogP contribution >= 0.6 is 22.7 Å². The summed E-state index contributed by atoms with van der Waals surface area (Å²) < 4.78 is 0. The maximum atomic E-state index is 12.6. The molecule has 0 bridgehead atoms. The number of amides is 3. The van der Waals surface area contributed by atoms with Gasteiger partial charge in [0.2, 0.25) is 0 Å². The number of carbonyl (C=O) groups is 2. The monoisotopic (exact) mass is 428 g/mol. The van der Waals surface area contributed by atoms with E-state index in [1.165, 1.54) is 4.88 Å². The van der Waals surface area contributed by atoms with Crippen LogP contribution in [0.2, 0.25) is 0 Å². The zero-order chi connectivity index (χ0) is 20.8. The Bertz CT molecular complexity index is 994. The molecule has 0 aliphatic carbocycles. The lowest BCUT2D eigenvalue weighted by Crippen LogP contribution is -2.35. The molecule has 0 spiro atoms. The molecule has 0 atom stereocenters. The fourth-order valence-electron chi connectivity index (χ4n) is 2.73. The van der Waals surface area contributed by atoms with Crippen LogP contribution in [0.5, 0.6) is 0 Å². The molecular weight excluding hydrogens is 404 g/mol. The number of thiazole rings is 1. The van der Waals surface area contributed by atoms with Crippen LogP contribution < -0.4 is 16.0 Å². The molecule has 3 rings (SSSR count). The van der Waals surface area contributed by atoms with Gasteiger partial charge in [-0.25, -0.2) is 9.78 Å². The van der Waals surface area contributed by atoms with Gasteiger partial charge in [-0.3, -0.25) is 4.79 Å². The van der Waals surface area contributed by atoms with Crippen molar-refractivity contribution >= 4 is 40.3 Å². The lowest BCUT2D eigenvalue weighted by atomic mass is 10.1. The van der Waals surface area contributed by atoms with Gasteiger partial charge in [0.25, 0.3) is 5.91 Å². The topological polar surface area (TPSA) is 83.1 Å². The van der Waals surface area contributed by atoms with Gasteiger partial charge < -0.3 is 16.0 Å². The fraction of sp³-hybridized carbons (Fsp3) is 0.286. The molecule has 0 saturated carbocycles. The zero-order valence-electron chi connectivity index (χ0n) is 16.6. The summed E-state index contributed by atoms with van der Waals surface area (Å²) in [5.74, 6) is -0.211. The van der Waals surface area contributed by atoms with Crippen molar-refractivity contribution in [3.05, 3.63) is 57.2 Å². The predicted molar refractivity (Wildman–Crippen MR) is 120 cm³/mol. The van der Waals surface area contributed by atoms with Crippen LogP contribution in [0.15, 0.2) is 41.8 Å². The smallest absolute Gasteiger partial charge is 0.319 e. The van der Waals surface area contributed by atoms with Crippen LogP contribution in [0, 0.1) is 6.92 Å². The number of hydrogen-bond donors (Lipinski definition) is 3. The Morgan fingerprint density at radius 1 is 1.14 bits per heavy atom. The van der Waals surface area contributed by atoms with E-state index in [4.69, 9.17) is 0 Å². The molecule has 2 heterocycles. The van der Waals surface area contributed by atoms with Crippen LogP contribution in [-0.4, -0.2) is 29.5 Å². The number of anilines is 1. The van der Waals surface area contributed by atoms with E-state index in [0.29, 0.717) is 17.8 Å². The highest BCUT2D eigenvalue weighted by atomic mass is 32.1. The minimum Gasteiger partial charge on any atom is -0.352 e. The first-order chi connectivity index (χ1) is 13.9. The van der Waals surface area contributed by atoms with E-state index in [-0.39, 0.29) is 18.0 Å². The van der Waals surface area contributed by atoms with Gasteiger partial charge in [0.05, 0.1) is 26.8 Å². The summed E-state index contributed by atoms with van der Waals surface area (Å²) in [4.78, 5) is 31.4. The molecule has 0 fully saturated rings. The number of nitrogens with zero attached hydrogens (tertiary/aromatic N) is 1. The third kappa shape index (κ3) is 5.88. The minimum absolute atomic E-state index is 0.0138. The Morgan fingerprint density at radius 3 is 2.66 bits per heavy atom. The maximum Gasteiger partial charge on any atom is 0.319 e. The van der Waals surface area contributed by atoms with Gasteiger partial charge in [-0.15, -0.1) is 22.7 Å². The Kier molecular flexibility index (Phi) is 7.00. The summed E-state index contributed by atoms with van der Waals surface area (Å²) in [5, 5.41) is 11.5. The van der Waals surface area contributed by atoms with Crippen molar-refractivity contribution in [2.24, 2.45) is 0 Å². The highest BCUT2D eigenvalue weighted by Gasteiger charge is 2.13. The summed E-state index contributed by atoms with van der Waals surface area (Å²) in [7, 11) is 0. The van der Waals surface area contributed by atoms with Crippen LogP contribution in [-0.2, 0) is 6.42 Å². The van der Waals surface area contributed by atoms with Gasteiger partial charge in [-0.1, -0.05) is 12.1 Å². The van der Waals surface area contributed by atoms with Gasteiger partial charge in [0.15, 0.2) is 0 Å². The van der Waals surface area contributed by atoms with Crippen LogP contribution in [0.1, 0.15) is 34.1 Å². The summed E-state index contributed by atoms with van der Waals surface area (Å²) in [6.07, 6.45) is 0.739. The van der Waals surface area contributed by atoms with Gasteiger partial charge in [-0.2, -0.15) is 0 Å². The van der Waals surface area contributed by atoms with Gasteiger partial charge >= 0.3 is 6.03 Å². The molecule has 2 aromatic heterocycles. The number of carbonyl (C=O) groups excluding carboxylic acids is 2.